The average Bonchev–Trinajstić information content (AvgIpc) is 3.19. The molecule has 1 fully saturated rings. The summed E-state index contributed by atoms with van der Waals surface area (Å²) in [5.74, 6) is 1.57. The van der Waals surface area contributed by atoms with Crippen molar-refractivity contribution in [1.82, 2.24) is 14.5 Å². The molecule has 0 unspecified atom stereocenters. The van der Waals surface area contributed by atoms with Crippen molar-refractivity contribution in [2.45, 2.75) is 25.7 Å². The number of aryl methyl sites for hydroxylation is 2. The highest BCUT2D eigenvalue weighted by Gasteiger charge is 2.28. The predicted molar refractivity (Wildman–Crippen MR) is 87.5 cm³/mol. The number of fused-ring (bicyclic) bond motifs is 1. The van der Waals surface area contributed by atoms with Gasteiger partial charge in [-0.15, -0.1) is 11.3 Å². The molecule has 0 atom stereocenters. The number of thiazole rings is 1. The van der Waals surface area contributed by atoms with Gasteiger partial charge < -0.3 is 4.57 Å². The van der Waals surface area contributed by atoms with E-state index < -0.39 is 0 Å². The molecule has 1 aliphatic carbocycles. The summed E-state index contributed by atoms with van der Waals surface area (Å²) < 4.78 is 2.14. The van der Waals surface area contributed by atoms with Gasteiger partial charge >= 0.3 is 0 Å². The molecule has 6 heteroatoms. The lowest BCUT2D eigenvalue weighted by Gasteiger charge is -2.02. The van der Waals surface area contributed by atoms with Gasteiger partial charge in [0, 0.05) is 23.9 Å². The maximum atomic E-state index is 12.3. The van der Waals surface area contributed by atoms with E-state index in [1.54, 1.807) is 0 Å². The molecule has 2 aromatic heterocycles. The van der Waals surface area contributed by atoms with E-state index in [1.165, 1.54) is 24.2 Å². The Kier molecular flexibility index (Phi) is 3.00. The summed E-state index contributed by atoms with van der Waals surface area (Å²) in [5.41, 5.74) is 3.48. The third-order valence-corrected chi connectivity index (χ3v) is 4.84. The Balaban J connectivity index is 1.65. The van der Waals surface area contributed by atoms with E-state index in [0.717, 1.165) is 22.6 Å². The number of nitrogens with zero attached hydrogens (tertiary/aromatic N) is 3. The molecule has 1 amide bonds. The topological polar surface area (TPSA) is 59.8 Å². The summed E-state index contributed by atoms with van der Waals surface area (Å²) >= 11 is 1.43. The number of rotatable bonds is 3. The van der Waals surface area contributed by atoms with E-state index in [-0.39, 0.29) is 5.91 Å². The van der Waals surface area contributed by atoms with Crippen molar-refractivity contribution in [3.8, 4) is 0 Å². The third kappa shape index (κ3) is 2.29. The molecule has 0 aliphatic heterocycles. The van der Waals surface area contributed by atoms with Crippen molar-refractivity contribution in [2.24, 2.45) is 7.05 Å². The van der Waals surface area contributed by atoms with Gasteiger partial charge in [0.25, 0.3) is 5.91 Å². The van der Waals surface area contributed by atoms with E-state index in [9.17, 15) is 4.79 Å². The first-order valence-electron chi connectivity index (χ1n) is 7.31. The van der Waals surface area contributed by atoms with E-state index in [0.29, 0.717) is 16.6 Å². The summed E-state index contributed by atoms with van der Waals surface area (Å²) in [4.78, 5) is 21.3. The highest BCUT2D eigenvalue weighted by Crippen LogP contribution is 2.40. The minimum atomic E-state index is -0.144. The third-order valence-electron chi connectivity index (χ3n) is 3.96. The van der Waals surface area contributed by atoms with Crippen molar-refractivity contribution in [2.75, 3.05) is 5.32 Å². The molecule has 2 heterocycles. The number of carbonyl (C=O) groups is 1. The van der Waals surface area contributed by atoms with Gasteiger partial charge in [-0.25, -0.2) is 9.97 Å². The zero-order valence-corrected chi connectivity index (χ0v) is 13.3. The molecule has 1 saturated carbocycles. The predicted octanol–water partition coefficient (Wildman–Crippen LogP) is 3.47. The second-order valence-electron chi connectivity index (χ2n) is 5.75. The largest absolute Gasteiger partial charge is 0.331 e. The van der Waals surface area contributed by atoms with Gasteiger partial charge in [-0.3, -0.25) is 10.1 Å². The molecule has 0 saturated heterocycles. The summed E-state index contributed by atoms with van der Waals surface area (Å²) in [6.07, 6.45) is 2.43. The maximum Gasteiger partial charge on any atom is 0.257 e. The highest BCUT2D eigenvalue weighted by atomic mass is 32.1. The maximum absolute atomic E-state index is 12.3. The van der Waals surface area contributed by atoms with Crippen LogP contribution in [0, 0.1) is 6.92 Å². The lowest BCUT2D eigenvalue weighted by molar-refractivity contribution is 0.102. The average molecular weight is 312 g/mol. The number of aromatic nitrogens is 3. The molecule has 4 rings (SSSR count). The van der Waals surface area contributed by atoms with Crippen LogP contribution in [0.3, 0.4) is 0 Å². The Hall–Kier alpha value is -2.21. The number of hydrogen-bond acceptors (Lipinski definition) is 4. The van der Waals surface area contributed by atoms with Crippen LogP contribution in [0.15, 0.2) is 23.6 Å². The van der Waals surface area contributed by atoms with Crippen molar-refractivity contribution in [1.29, 1.82) is 0 Å². The van der Waals surface area contributed by atoms with Crippen LogP contribution in [0.25, 0.3) is 11.0 Å². The van der Waals surface area contributed by atoms with E-state index in [4.69, 9.17) is 4.98 Å². The van der Waals surface area contributed by atoms with Crippen molar-refractivity contribution in [3.05, 3.63) is 40.7 Å². The first-order valence-corrected chi connectivity index (χ1v) is 8.19. The zero-order valence-electron chi connectivity index (χ0n) is 12.5. The van der Waals surface area contributed by atoms with Crippen LogP contribution in [0.2, 0.25) is 0 Å². The second kappa shape index (κ2) is 4.91. The first kappa shape index (κ1) is 13.5. The molecular weight excluding hydrogens is 296 g/mol. The Labute approximate surface area is 132 Å². The van der Waals surface area contributed by atoms with Crippen molar-refractivity contribution >= 4 is 33.4 Å². The van der Waals surface area contributed by atoms with Gasteiger partial charge in [-0.1, -0.05) is 0 Å². The summed E-state index contributed by atoms with van der Waals surface area (Å²) in [6.45, 7) is 1.91. The van der Waals surface area contributed by atoms with Crippen LogP contribution in [0.5, 0.6) is 0 Å². The van der Waals surface area contributed by atoms with Crippen molar-refractivity contribution in [3.63, 3.8) is 0 Å². The Morgan fingerprint density at radius 1 is 1.36 bits per heavy atom. The monoisotopic (exact) mass is 312 g/mol. The lowest BCUT2D eigenvalue weighted by atomic mass is 10.2. The Morgan fingerprint density at radius 3 is 2.86 bits per heavy atom. The number of benzene rings is 1. The van der Waals surface area contributed by atoms with Gasteiger partial charge in [0.15, 0.2) is 5.13 Å². The van der Waals surface area contributed by atoms with Crippen LogP contribution >= 0.6 is 11.3 Å². The molecule has 1 N–H and O–H groups in total. The van der Waals surface area contributed by atoms with Gasteiger partial charge in [0.05, 0.1) is 16.7 Å². The standard InChI is InChI=1S/C16H16N4OS/c1-9-8-22-16(17-9)19-15(21)11-5-6-13-12(7-11)18-14(20(13)2)10-3-4-10/h5-8,10H,3-4H2,1-2H3,(H,17,19,21). The number of amides is 1. The Morgan fingerprint density at radius 2 is 2.18 bits per heavy atom. The van der Waals surface area contributed by atoms with Crippen LogP contribution in [0.1, 0.15) is 40.6 Å². The van der Waals surface area contributed by atoms with Gasteiger partial charge in [0.1, 0.15) is 5.82 Å². The molecule has 0 spiro atoms. The minimum Gasteiger partial charge on any atom is -0.331 e. The molecule has 22 heavy (non-hydrogen) atoms. The fourth-order valence-corrected chi connectivity index (χ4v) is 3.33. The van der Waals surface area contributed by atoms with Gasteiger partial charge in [0.2, 0.25) is 0 Å². The molecule has 1 aromatic carbocycles. The summed E-state index contributed by atoms with van der Waals surface area (Å²) in [7, 11) is 2.04. The molecule has 112 valence electrons. The zero-order chi connectivity index (χ0) is 15.3. The molecular formula is C16H16N4OS. The number of carbonyl (C=O) groups excluding carboxylic acids is 1. The SMILES string of the molecule is Cc1csc(NC(=O)c2ccc3c(c2)nc(C2CC2)n3C)n1. The van der Waals surface area contributed by atoms with Crippen LogP contribution in [-0.4, -0.2) is 20.4 Å². The van der Waals surface area contributed by atoms with E-state index in [2.05, 4.69) is 14.9 Å². The van der Waals surface area contributed by atoms with Gasteiger partial charge in [-0.05, 0) is 38.0 Å². The second-order valence-corrected chi connectivity index (χ2v) is 6.61. The number of imidazole rings is 1. The van der Waals surface area contributed by atoms with Crippen molar-refractivity contribution < 1.29 is 4.79 Å². The normalized spacial score (nSPS) is 14.5. The first-order chi connectivity index (χ1) is 10.6. The molecule has 0 bridgehead atoms. The highest BCUT2D eigenvalue weighted by molar-refractivity contribution is 7.13. The summed E-state index contributed by atoms with van der Waals surface area (Å²) in [6, 6.07) is 5.67. The van der Waals surface area contributed by atoms with E-state index in [1.807, 2.05) is 37.6 Å². The number of hydrogen-bond donors (Lipinski definition) is 1. The van der Waals surface area contributed by atoms with Crippen LogP contribution < -0.4 is 5.32 Å². The molecule has 5 nitrogen and oxygen atoms in total. The smallest absolute Gasteiger partial charge is 0.257 e. The summed E-state index contributed by atoms with van der Waals surface area (Å²) in [5, 5.41) is 5.38. The lowest BCUT2D eigenvalue weighted by Crippen LogP contribution is -2.11. The van der Waals surface area contributed by atoms with Gasteiger partial charge in [-0.2, -0.15) is 0 Å². The fraction of sp³-hybridized carbons (Fsp3) is 0.312. The quantitative estimate of drug-likeness (QED) is 0.805. The Bertz CT molecular complexity index is 876. The van der Waals surface area contributed by atoms with Crippen LogP contribution in [0.4, 0.5) is 5.13 Å². The van der Waals surface area contributed by atoms with Crippen LogP contribution in [-0.2, 0) is 7.05 Å². The minimum absolute atomic E-state index is 0.144. The molecule has 0 radical (unpaired) electrons. The fourth-order valence-electron chi connectivity index (χ4n) is 2.65. The number of nitrogens with one attached hydrogen (secondary N) is 1. The number of anilines is 1. The molecule has 1 aliphatic rings. The van der Waals surface area contributed by atoms with E-state index >= 15 is 0 Å². The molecule has 3 aromatic rings.